The highest BCUT2D eigenvalue weighted by Gasteiger charge is 2.17. The van der Waals surface area contributed by atoms with Gasteiger partial charge in [0.1, 0.15) is 5.69 Å². The maximum atomic E-state index is 12.2. The first-order valence-electron chi connectivity index (χ1n) is 5.54. The Morgan fingerprint density at radius 2 is 2.31 bits per heavy atom. The van der Waals surface area contributed by atoms with Crippen molar-refractivity contribution in [1.29, 1.82) is 0 Å². The number of aryl methyl sites for hydroxylation is 1. The lowest BCUT2D eigenvalue weighted by molar-refractivity contribution is 0.0753. The van der Waals surface area contributed by atoms with Crippen molar-refractivity contribution in [3.8, 4) is 0 Å². The van der Waals surface area contributed by atoms with Gasteiger partial charge in [-0.2, -0.15) is 5.10 Å². The van der Waals surface area contributed by atoms with Crippen LogP contribution in [0.25, 0.3) is 0 Å². The van der Waals surface area contributed by atoms with Gasteiger partial charge in [-0.15, -0.1) is 0 Å². The molecule has 0 aliphatic rings. The van der Waals surface area contributed by atoms with Crippen LogP contribution in [0.1, 0.15) is 30.3 Å². The Balaban J connectivity index is 2.70. The van der Waals surface area contributed by atoms with Crippen LogP contribution in [0.15, 0.2) is 12.3 Å². The summed E-state index contributed by atoms with van der Waals surface area (Å²) < 4.78 is 1.62. The summed E-state index contributed by atoms with van der Waals surface area (Å²) in [6, 6.07) is 1.76. The molecule has 0 saturated carbocycles. The summed E-state index contributed by atoms with van der Waals surface area (Å²) in [5.74, 6) is 0.0629. The summed E-state index contributed by atoms with van der Waals surface area (Å²) in [7, 11) is 1.79. The van der Waals surface area contributed by atoms with Crippen molar-refractivity contribution in [3.05, 3.63) is 18.0 Å². The lowest BCUT2D eigenvalue weighted by Gasteiger charge is -2.21. The van der Waals surface area contributed by atoms with Gasteiger partial charge in [0.05, 0.1) is 0 Å². The highest BCUT2D eigenvalue weighted by atomic mass is 79.9. The number of hydrogen-bond acceptors (Lipinski definition) is 2. The van der Waals surface area contributed by atoms with E-state index in [2.05, 4.69) is 28.0 Å². The SMILES string of the molecule is CCCCN(CCBr)C(=O)c1ccnn1C. The maximum absolute atomic E-state index is 12.2. The average Bonchev–Trinajstić information content (AvgIpc) is 2.69. The number of halogens is 1. The predicted molar refractivity (Wildman–Crippen MR) is 67.8 cm³/mol. The molecule has 0 aliphatic heterocycles. The molecule has 16 heavy (non-hydrogen) atoms. The second kappa shape index (κ2) is 6.68. The normalized spacial score (nSPS) is 10.4. The molecule has 0 saturated heterocycles. The fraction of sp³-hybridized carbons (Fsp3) is 0.636. The monoisotopic (exact) mass is 287 g/mol. The zero-order valence-corrected chi connectivity index (χ0v) is 11.4. The highest BCUT2D eigenvalue weighted by Crippen LogP contribution is 2.05. The minimum absolute atomic E-state index is 0.0629. The number of rotatable bonds is 6. The summed E-state index contributed by atoms with van der Waals surface area (Å²) in [4.78, 5) is 14.0. The zero-order chi connectivity index (χ0) is 12.0. The van der Waals surface area contributed by atoms with Gasteiger partial charge in [0.2, 0.25) is 0 Å². The van der Waals surface area contributed by atoms with E-state index in [-0.39, 0.29) is 5.91 Å². The second-order valence-electron chi connectivity index (χ2n) is 3.67. The van der Waals surface area contributed by atoms with Gasteiger partial charge in [-0.1, -0.05) is 29.3 Å². The first kappa shape index (κ1) is 13.2. The van der Waals surface area contributed by atoms with Crippen LogP contribution in [-0.4, -0.2) is 39.0 Å². The summed E-state index contributed by atoms with van der Waals surface area (Å²) in [6.07, 6.45) is 3.79. The van der Waals surface area contributed by atoms with Crippen LogP contribution in [0.4, 0.5) is 0 Å². The first-order chi connectivity index (χ1) is 7.70. The molecule has 0 atom stereocenters. The number of hydrogen-bond donors (Lipinski definition) is 0. The fourth-order valence-electron chi connectivity index (χ4n) is 1.51. The quantitative estimate of drug-likeness (QED) is 0.751. The molecule has 0 aliphatic carbocycles. The number of alkyl halides is 1. The van der Waals surface area contributed by atoms with Gasteiger partial charge in [-0.3, -0.25) is 9.48 Å². The Labute approximate surface area is 105 Å². The summed E-state index contributed by atoms with van der Waals surface area (Å²) in [6.45, 7) is 3.68. The maximum Gasteiger partial charge on any atom is 0.272 e. The molecule has 1 rings (SSSR count). The van der Waals surface area contributed by atoms with Gasteiger partial charge in [-0.25, -0.2) is 0 Å². The van der Waals surface area contributed by atoms with Gasteiger partial charge in [0.25, 0.3) is 5.91 Å². The van der Waals surface area contributed by atoms with E-state index in [0.717, 1.165) is 31.3 Å². The van der Waals surface area contributed by atoms with Crippen LogP contribution >= 0.6 is 15.9 Å². The van der Waals surface area contributed by atoms with Gasteiger partial charge in [-0.05, 0) is 12.5 Å². The van der Waals surface area contributed by atoms with Gasteiger partial charge >= 0.3 is 0 Å². The molecule has 1 aromatic rings. The Morgan fingerprint density at radius 1 is 1.56 bits per heavy atom. The number of aromatic nitrogens is 2. The summed E-state index contributed by atoms with van der Waals surface area (Å²) in [5, 5.41) is 4.82. The third-order valence-electron chi connectivity index (χ3n) is 2.46. The molecule has 0 spiro atoms. The van der Waals surface area contributed by atoms with Gasteiger partial charge in [0, 0.05) is 31.7 Å². The van der Waals surface area contributed by atoms with E-state index in [1.54, 1.807) is 24.0 Å². The van der Waals surface area contributed by atoms with Crippen LogP contribution < -0.4 is 0 Å². The van der Waals surface area contributed by atoms with Gasteiger partial charge in [0.15, 0.2) is 0 Å². The second-order valence-corrected chi connectivity index (χ2v) is 4.47. The Bertz CT molecular complexity index is 338. The lowest BCUT2D eigenvalue weighted by Crippen LogP contribution is -2.34. The molecule has 0 N–H and O–H groups in total. The fourth-order valence-corrected chi connectivity index (χ4v) is 1.94. The predicted octanol–water partition coefficient (Wildman–Crippen LogP) is 2.06. The van der Waals surface area contributed by atoms with E-state index in [0.29, 0.717) is 5.69 Å². The minimum Gasteiger partial charge on any atom is -0.336 e. The van der Waals surface area contributed by atoms with Crippen LogP contribution in [0.3, 0.4) is 0 Å². The Kier molecular flexibility index (Phi) is 5.52. The molecule has 1 aromatic heterocycles. The molecule has 1 amide bonds. The third kappa shape index (κ3) is 3.33. The molecule has 90 valence electrons. The number of carbonyl (C=O) groups is 1. The van der Waals surface area contributed by atoms with Crippen molar-refractivity contribution in [2.24, 2.45) is 7.05 Å². The van der Waals surface area contributed by atoms with Crippen LogP contribution in [-0.2, 0) is 7.05 Å². The van der Waals surface area contributed by atoms with Crippen molar-refractivity contribution in [1.82, 2.24) is 14.7 Å². The number of nitrogens with zero attached hydrogens (tertiary/aromatic N) is 3. The standard InChI is InChI=1S/C11H18BrN3O/c1-3-4-8-15(9-6-12)11(16)10-5-7-13-14(10)2/h5,7H,3-4,6,8-9H2,1-2H3. The molecule has 0 unspecified atom stereocenters. The Morgan fingerprint density at radius 3 is 2.81 bits per heavy atom. The smallest absolute Gasteiger partial charge is 0.272 e. The highest BCUT2D eigenvalue weighted by molar-refractivity contribution is 9.09. The van der Waals surface area contributed by atoms with Crippen molar-refractivity contribution >= 4 is 21.8 Å². The number of unbranched alkanes of at least 4 members (excludes halogenated alkanes) is 1. The van der Waals surface area contributed by atoms with Crippen molar-refractivity contribution < 1.29 is 4.79 Å². The molecule has 4 nitrogen and oxygen atoms in total. The summed E-state index contributed by atoms with van der Waals surface area (Å²) in [5.41, 5.74) is 0.650. The van der Waals surface area contributed by atoms with Crippen molar-refractivity contribution in [3.63, 3.8) is 0 Å². The van der Waals surface area contributed by atoms with E-state index in [4.69, 9.17) is 0 Å². The molecule has 0 radical (unpaired) electrons. The molecule has 0 bridgehead atoms. The zero-order valence-electron chi connectivity index (χ0n) is 9.82. The molecule has 0 aromatic carbocycles. The molecular formula is C11H18BrN3O. The Hall–Kier alpha value is -0.840. The summed E-state index contributed by atoms with van der Waals surface area (Å²) >= 11 is 3.38. The van der Waals surface area contributed by atoms with Crippen LogP contribution in [0, 0.1) is 0 Å². The van der Waals surface area contributed by atoms with E-state index >= 15 is 0 Å². The van der Waals surface area contributed by atoms with Gasteiger partial charge < -0.3 is 4.90 Å². The minimum atomic E-state index is 0.0629. The van der Waals surface area contributed by atoms with Crippen molar-refractivity contribution in [2.45, 2.75) is 19.8 Å². The first-order valence-corrected chi connectivity index (χ1v) is 6.66. The average molecular weight is 288 g/mol. The number of carbonyl (C=O) groups excluding carboxylic acids is 1. The topological polar surface area (TPSA) is 38.1 Å². The molecule has 0 fully saturated rings. The lowest BCUT2D eigenvalue weighted by atomic mass is 10.3. The van der Waals surface area contributed by atoms with E-state index in [1.807, 2.05) is 4.90 Å². The molecule has 5 heteroatoms. The molecular weight excluding hydrogens is 270 g/mol. The molecule has 1 heterocycles. The third-order valence-corrected chi connectivity index (χ3v) is 2.82. The largest absolute Gasteiger partial charge is 0.336 e. The van der Waals surface area contributed by atoms with Crippen LogP contribution in [0.5, 0.6) is 0 Å². The van der Waals surface area contributed by atoms with E-state index in [1.165, 1.54) is 0 Å². The number of amides is 1. The van der Waals surface area contributed by atoms with Crippen LogP contribution in [0.2, 0.25) is 0 Å². The van der Waals surface area contributed by atoms with Crippen molar-refractivity contribution in [2.75, 3.05) is 18.4 Å². The van der Waals surface area contributed by atoms with E-state index < -0.39 is 0 Å². The van der Waals surface area contributed by atoms with E-state index in [9.17, 15) is 4.79 Å².